The van der Waals surface area contributed by atoms with Crippen LogP contribution >= 0.6 is 11.6 Å². The Hall–Kier alpha value is -3.10. The molecule has 2 aromatic rings. The van der Waals surface area contributed by atoms with E-state index in [4.69, 9.17) is 16.3 Å². The summed E-state index contributed by atoms with van der Waals surface area (Å²) in [5.41, 5.74) is 1.78. The first-order valence-electron chi connectivity index (χ1n) is 12.5. The first-order chi connectivity index (χ1) is 17.5. The molecule has 0 aliphatic carbocycles. The van der Waals surface area contributed by atoms with E-state index >= 15 is 0 Å². The summed E-state index contributed by atoms with van der Waals surface area (Å²) < 4.78 is 5.30. The number of nitrogens with zero attached hydrogens (tertiary/aromatic N) is 1. The second-order valence-electron chi connectivity index (χ2n) is 11.4. The lowest BCUT2D eigenvalue weighted by Crippen LogP contribution is -2.59. The number of anilines is 1. The molecule has 3 N–H and O–H groups in total. The van der Waals surface area contributed by atoms with E-state index in [-0.39, 0.29) is 0 Å². The Bertz CT molecular complexity index is 1140. The molecule has 0 spiro atoms. The van der Waals surface area contributed by atoms with Gasteiger partial charge in [0.15, 0.2) is 0 Å². The van der Waals surface area contributed by atoms with Gasteiger partial charge < -0.3 is 25.4 Å². The standard InChI is InChI=1S/C29H40ClN3O5/c1-17-12-10-13-18(2)22(17)24(25(35)32-23-19(3)14-11-15-20(23)30)33(28(4,5)6)26(36)21(16-34)31-27(37)38-29(7,8)9/h10-15,21,24,34H,16H2,1-9H3,(H,31,37)(H,32,35). The van der Waals surface area contributed by atoms with Gasteiger partial charge in [-0.3, -0.25) is 9.59 Å². The van der Waals surface area contributed by atoms with Crippen molar-refractivity contribution in [2.45, 2.75) is 85.5 Å². The van der Waals surface area contributed by atoms with Crippen molar-refractivity contribution in [3.05, 3.63) is 63.7 Å². The lowest BCUT2D eigenvalue weighted by molar-refractivity contribution is -0.147. The van der Waals surface area contributed by atoms with E-state index in [0.717, 1.165) is 16.7 Å². The molecule has 0 fully saturated rings. The van der Waals surface area contributed by atoms with E-state index in [9.17, 15) is 19.5 Å². The molecule has 0 bridgehead atoms. The highest BCUT2D eigenvalue weighted by molar-refractivity contribution is 6.34. The van der Waals surface area contributed by atoms with Crippen molar-refractivity contribution in [1.82, 2.24) is 10.2 Å². The van der Waals surface area contributed by atoms with E-state index in [1.807, 2.05) is 45.0 Å². The zero-order chi connectivity index (χ0) is 29.0. The number of aryl methyl sites for hydroxylation is 3. The number of halogens is 1. The fourth-order valence-corrected chi connectivity index (χ4v) is 4.54. The predicted octanol–water partition coefficient (Wildman–Crippen LogP) is 5.46. The second-order valence-corrected chi connectivity index (χ2v) is 11.8. The monoisotopic (exact) mass is 545 g/mol. The number of amides is 3. The summed E-state index contributed by atoms with van der Waals surface area (Å²) in [6, 6.07) is 8.47. The molecule has 3 amide bonds. The van der Waals surface area contributed by atoms with E-state index in [0.29, 0.717) is 16.3 Å². The van der Waals surface area contributed by atoms with Gasteiger partial charge in [0, 0.05) is 5.54 Å². The topological polar surface area (TPSA) is 108 Å². The third-order valence-electron chi connectivity index (χ3n) is 5.92. The molecule has 0 aliphatic heterocycles. The highest BCUT2D eigenvalue weighted by atomic mass is 35.5. The number of aliphatic hydroxyl groups is 1. The molecular weight excluding hydrogens is 506 g/mol. The van der Waals surface area contributed by atoms with Crippen molar-refractivity contribution in [2.75, 3.05) is 11.9 Å². The van der Waals surface area contributed by atoms with Crippen LogP contribution in [0.15, 0.2) is 36.4 Å². The quantitative estimate of drug-likeness (QED) is 0.428. The number of rotatable bonds is 7. The average molecular weight is 546 g/mol. The summed E-state index contributed by atoms with van der Waals surface area (Å²) in [7, 11) is 0. The van der Waals surface area contributed by atoms with Gasteiger partial charge in [0.1, 0.15) is 17.7 Å². The predicted molar refractivity (Wildman–Crippen MR) is 150 cm³/mol. The maximum Gasteiger partial charge on any atom is 0.408 e. The van der Waals surface area contributed by atoms with Crippen LogP contribution in [0, 0.1) is 20.8 Å². The first-order valence-corrected chi connectivity index (χ1v) is 12.9. The van der Waals surface area contributed by atoms with Crippen LogP contribution in [0.5, 0.6) is 0 Å². The fraction of sp³-hybridized carbons (Fsp3) is 0.483. The largest absolute Gasteiger partial charge is 0.444 e. The van der Waals surface area contributed by atoms with Gasteiger partial charge in [-0.25, -0.2) is 4.79 Å². The van der Waals surface area contributed by atoms with Crippen LogP contribution in [0.2, 0.25) is 5.02 Å². The third kappa shape index (κ3) is 7.71. The molecule has 0 saturated heterocycles. The van der Waals surface area contributed by atoms with Gasteiger partial charge in [0.2, 0.25) is 5.91 Å². The lowest BCUT2D eigenvalue weighted by atomic mass is 9.90. The van der Waals surface area contributed by atoms with E-state index in [1.54, 1.807) is 53.7 Å². The van der Waals surface area contributed by atoms with Crippen LogP contribution < -0.4 is 10.6 Å². The van der Waals surface area contributed by atoms with Crippen LogP contribution in [0.25, 0.3) is 0 Å². The molecule has 38 heavy (non-hydrogen) atoms. The van der Waals surface area contributed by atoms with Crippen LogP contribution in [-0.4, -0.2) is 51.7 Å². The molecule has 0 heterocycles. The molecule has 2 atom stereocenters. The highest BCUT2D eigenvalue weighted by Gasteiger charge is 2.43. The number of benzene rings is 2. The number of alkyl carbamates (subject to hydrolysis) is 1. The minimum absolute atomic E-state index is 0.368. The van der Waals surface area contributed by atoms with E-state index in [1.165, 1.54) is 4.90 Å². The van der Waals surface area contributed by atoms with Crippen LogP contribution in [0.1, 0.15) is 69.8 Å². The number of aliphatic hydroxyl groups excluding tert-OH is 1. The lowest BCUT2D eigenvalue weighted by Gasteiger charge is -2.43. The van der Waals surface area contributed by atoms with Gasteiger partial charge in [0.25, 0.3) is 5.91 Å². The van der Waals surface area contributed by atoms with Crippen LogP contribution in [0.3, 0.4) is 0 Å². The van der Waals surface area contributed by atoms with Crippen molar-refractivity contribution in [1.29, 1.82) is 0 Å². The Balaban J connectivity index is 2.65. The number of hydrogen-bond donors (Lipinski definition) is 3. The number of para-hydroxylation sites is 1. The Morgan fingerprint density at radius 3 is 1.95 bits per heavy atom. The SMILES string of the molecule is Cc1cccc(Cl)c1NC(=O)C(c1c(C)cccc1C)N(C(=O)C(CO)NC(=O)OC(C)(C)C)C(C)(C)C. The van der Waals surface area contributed by atoms with Crippen LogP contribution in [0.4, 0.5) is 10.5 Å². The maximum absolute atomic E-state index is 14.1. The molecule has 0 saturated carbocycles. The molecule has 2 rings (SSSR count). The van der Waals surface area contributed by atoms with Crippen molar-refractivity contribution in [3.8, 4) is 0 Å². The zero-order valence-corrected chi connectivity index (χ0v) is 24.5. The summed E-state index contributed by atoms with van der Waals surface area (Å²) in [6.07, 6.45) is -0.849. The molecule has 0 aliphatic rings. The van der Waals surface area contributed by atoms with Gasteiger partial charge in [-0.15, -0.1) is 0 Å². The molecule has 8 nitrogen and oxygen atoms in total. The summed E-state index contributed by atoms with van der Waals surface area (Å²) >= 11 is 6.41. The smallest absolute Gasteiger partial charge is 0.408 e. The van der Waals surface area contributed by atoms with Crippen molar-refractivity contribution >= 4 is 35.2 Å². The first kappa shape index (κ1) is 31.1. The summed E-state index contributed by atoms with van der Waals surface area (Å²) in [5, 5.41) is 15.9. The molecule has 2 unspecified atom stereocenters. The Kier molecular flexibility index (Phi) is 9.97. The number of hydrogen-bond acceptors (Lipinski definition) is 5. The molecular formula is C29H40ClN3O5. The molecule has 0 aromatic heterocycles. The number of nitrogens with one attached hydrogen (secondary N) is 2. The minimum Gasteiger partial charge on any atom is -0.444 e. The number of ether oxygens (including phenoxy) is 1. The second kappa shape index (κ2) is 12.2. The van der Waals surface area contributed by atoms with E-state index < -0.39 is 47.7 Å². The summed E-state index contributed by atoms with van der Waals surface area (Å²) in [6.45, 7) is 15.4. The Morgan fingerprint density at radius 2 is 1.47 bits per heavy atom. The average Bonchev–Trinajstić information content (AvgIpc) is 2.76. The van der Waals surface area contributed by atoms with Crippen molar-refractivity contribution in [2.24, 2.45) is 0 Å². The Morgan fingerprint density at radius 1 is 0.947 bits per heavy atom. The van der Waals surface area contributed by atoms with Gasteiger partial charge in [0.05, 0.1) is 17.3 Å². The third-order valence-corrected chi connectivity index (χ3v) is 6.24. The molecule has 2 aromatic carbocycles. The van der Waals surface area contributed by atoms with Gasteiger partial charge in [-0.1, -0.05) is 41.9 Å². The highest BCUT2D eigenvalue weighted by Crippen LogP contribution is 2.35. The summed E-state index contributed by atoms with van der Waals surface area (Å²) in [5.74, 6) is -1.11. The Labute approximate surface area is 230 Å². The van der Waals surface area contributed by atoms with Gasteiger partial charge in [-0.2, -0.15) is 0 Å². The molecule has 0 radical (unpaired) electrons. The maximum atomic E-state index is 14.1. The number of carbonyl (C=O) groups is 3. The number of carbonyl (C=O) groups excluding carboxylic acids is 3. The molecule has 9 heteroatoms. The van der Waals surface area contributed by atoms with Gasteiger partial charge in [-0.05, 0) is 90.6 Å². The van der Waals surface area contributed by atoms with Crippen molar-refractivity contribution in [3.63, 3.8) is 0 Å². The van der Waals surface area contributed by atoms with E-state index in [2.05, 4.69) is 10.6 Å². The fourth-order valence-electron chi connectivity index (χ4n) is 4.27. The zero-order valence-electron chi connectivity index (χ0n) is 23.7. The minimum atomic E-state index is -1.34. The van der Waals surface area contributed by atoms with Crippen LogP contribution in [-0.2, 0) is 14.3 Å². The molecule has 208 valence electrons. The normalized spacial score (nSPS) is 13.3. The van der Waals surface area contributed by atoms with Crippen molar-refractivity contribution < 1.29 is 24.2 Å². The summed E-state index contributed by atoms with van der Waals surface area (Å²) in [4.78, 5) is 42.0. The van der Waals surface area contributed by atoms with Gasteiger partial charge >= 0.3 is 6.09 Å².